The number of hydrogen-bond acceptors (Lipinski definition) is 6. The summed E-state index contributed by atoms with van der Waals surface area (Å²) in [6.45, 7) is 5.18. The first-order valence-corrected chi connectivity index (χ1v) is 7.72. The number of methoxy groups -OCH3 is 2. The lowest BCUT2D eigenvalue weighted by atomic mass is 10.2. The molecule has 1 N–H and O–H groups in total. The van der Waals surface area contributed by atoms with E-state index in [1.54, 1.807) is 20.3 Å². The molecular weight excluding hydrogens is 268 g/mol. The third-order valence-electron chi connectivity index (χ3n) is 3.75. The monoisotopic (exact) mass is 294 g/mol. The Morgan fingerprint density at radius 1 is 1.29 bits per heavy atom. The molecule has 1 unspecified atom stereocenters. The largest absolute Gasteiger partial charge is 0.481 e. The fourth-order valence-electron chi connectivity index (χ4n) is 2.54. The molecular formula is C15H26N4O2. The quantitative estimate of drug-likeness (QED) is 0.789. The van der Waals surface area contributed by atoms with Gasteiger partial charge in [-0.15, -0.1) is 0 Å². The number of anilines is 1. The van der Waals surface area contributed by atoms with Gasteiger partial charge < -0.3 is 19.7 Å². The normalized spacial score (nSPS) is 17.8. The van der Waals surface area contributed by atoms with Crippen LogP contribution >= 0.6 is 0 Å². The summed E-state index contributed by atoms with van der Waals surface area (Å²) >= 11 is 0. The molecule has 6 heteroatoms. The van der Waals surface area contributed by atoms with Crippen molar-refractivity contribution in [3.8, 4) is 11.8 Å². The summed E-state index contributed by atoms with van der Waals surface area (Å²) in [5.41, 5.74) is 0. The van der Waals surface area contributed by atoms with E-state index in [9.17, 15) is 0 Å². The first-order valence-electron chi connectivity index (χ1n) is 7.72. The number of hydrogen-bond donors (Lipinski definition) is 1. The molecule has 0 radical (unpaired) electrons. The fourth-order valence-corrected chi connectivity index (χ4v) is 2.54. The van der Waals surface area contributed by atoms with Gasteiger partial charge in [-0.3, -0.25) is 0 Å². The molecule has 2 heterocycles. The van der Waals surface area contributed by atoms with E-state index in [0.717, 1.165) is 32.5 Å². The van der Waals surface area contributed by atoms with Crippen LogP contribution in [0, 0.1) is 0 Å². The van der Waals surface area contributed by atoms with Crippen molar-refractivity contribution in [3.63, 3.8) is 0 Å². The lowest BCUT2D eigenvalue weighted by molar-refractivity contribution is 0.371. The van der Waals surface area contributed by atoms with Gasteiger partial charge in [-0.25, -0.2) is 0 Å². The highest BCUT2D eigenvalue weighted by Gasteiger charge is 2.20. The topological polar surface area (TPSA) is 59.5 Å². The molecule has 0 aromatic carbocycles. The van der Waals surface area contributed by atoms with Gasteiger partial charge in [0.2, 0.25) is 17.7 Å². The van der Waals surface area contributed by atoms with Crippen LogP contribution in [0.1, 0.15) is 32.6 Å². The molecule has 0 aliphatic carbocycles. The van der Waals surface area contributed by atoms with Crippen LogP contribution in [0.5, 0.6) is 11.8 Å². The molecule has 1 aromatic rings. The lowest BCUT2D eigenvalue weighted by Gasteiger charge is -2.26. The summed E-state index contributed by atoms with van der Waals surface area (Å²) in [4.78, 5) is 11.2. The van der Waals surface area contributed by atoms with Crippen LogP contribution in [0.25, 0.3) is 0 Å². The third-order valence-corrected chi connectivity index (χ3v) is 3.75. The molecule has 1 atom stereocenters. The zero-order chi connectivity index (χ0) is 15.1. The van der Waals surface area contributed by atoms with Gasteiger partial charge >= 0.3 is 0 Å². The number of nitrogens with zero attached hydrogens (tertiary/aromatic N) is 3. The molecule has 0 amide bonds. The summed E-state index contributed by atoms with van der Waals surface area (Å²) in [6.07, 6.45) is 4.73. The molecule has 6 nitrogen and oxygen atoms in total. The Morgan fingerprint density at radius 2 is 2.00 bits per heavy atom. The lowest BCUT2D eigenvalue weighted by Crippen LogP contribution is -2.39. The Bertz CT molecular complexity index is 413. The molecule has 1 aliphatic heterocycles. The Kier molecular flexibility index (Phi) is 6.04. The van der Waals surface area contributed by atoms with E-state index in [4.69, 9.17) is 9.47 Å². The molecule has 1 aliphatic rings. The minimum absolute atomic E-state index is 0.516. The first kappa shape index (κ1) is 15.8. The first-order chi connectivity index (χ1) is 10.3. The standard InChI is InChI=1S/C15H26N4O2/c1-4-5-9-19(11-12-7-6-8-16-12)15-17-13(20-2)10-14(18-15)21-3/h10,12,16H,4-9,11H2,1-3H3. The van der Waals surface area contributed by atoms with Crippen LogP contribution in [0.2, 0.25) is 0 Å². The van der Waals surface area contributed by atoms with Crippen molar-refractivity contribution >= 4 is 5.95 Å². The summed E-state index contributed by atoms with van der Waals surface area (Å²) in [6, 6.07) is 2.22. The molecule has 0 saturated carbocycles. The van der Waals surface area contributed by atoms with Crippen LogP contribution in [0.3, 0.4) is 0 Å². The van der Waals surface area contributed by atoms with Crippen LogP contribution in [-0.4, -0.2) is 49.9 Å². The zero-order valence-corrected chi connectivity index (χ0v) is 13.3. The maximum absolute atomic E-state index is 5.25. The maximum Gasteiger partial charge on any atom is 0.232 e. The van der Waals surface area contributed by atoms with Gasteiger partial charge in [-0.2, -0.15) is 9.97 Å². The van der Waals surface area contributed by atoms with E-state index in [-0.39, 0.29) is 0 Å². The molecule has 118 valence electrons. The number of ether oxygens (including phenoxy) is 2. The SMILES string of the molecule is CCCCN(CC1CCCN1)c1nc(OC)cc(OC)n1. The van der Waals surface area contributed by atoms with Gasteiger partial charge in [-0.05, 0) is 25.8 Å². The van der Waals surface area contributed by atoms with Crippen LogP contribution < -0.4 is 19.7 Å². The van der Waals surface area contributed by atoms with Gasteiger partial charge in [0.05, 0.1) is 20.3 Å². The second-order valence-corrected chi connectivity index (χ2v) is 5.35. The van der Waals surface area contributed by atoms with E-state index in [0.29, 0.717) is 23.8 Å². The smallest absolute Gasteiger partial charge is 0.232 e. The van der Waals surface area contributed by atoms with Crippen molar-refractivity contribution in [2.75, 3.05) is 38.8 Å². The zero-order valence-electron chi connectivity index (χ0n) is 13.3. The molecule has 21 heavy (non-hydrogen) atoms. The Morgan fingerprint density at radius 3 is 2.52 bits per heavy atom. The van der Waals surface area contributed by atoms with Crippen molar-refractivity contribution in [1.82, 2.24) is 15.3 Å². The predicted molar refractivity (Wildman–Crippen MR) is 83.3 cm³/mol. The maximum atomic E-state index is 5.25. The minimum Gasteiger partial charge on any atom is -0.481 e. The van der Waals surface area contributed by atoms with Gasteiger partial charge in [0, 0.05) is 19.1 Å². The highest BCUT2D eigenvalue weighted by Crippen LogP contribution is 2.21. The van der Waals surface area contributed by atoms with Crippen molar-refractivity contribution < 1.29 is 9.47 Å². The Labute approximate surface area is 126 Å². The average molecular weight is 294 g/mol. The van der Waals surface area contributed by atoms with Crippen LogP contribution in [0.4, 0.5) is 5.95 Å². The summed E-state index contributed by atoms with van der Waals surface area (Å²) < 4.78 is 10.5. The second-order valence-electron chi connectivity index (χ2n) is 5.35. The van der Waals surface area contributed by atoms with Crippen molar-refractivity contribution in [1.29, 1.82) is 0 Å². The van der Waals surface area contributed by atoms with E-state index in [2.05, 4.69) is 27.1 Å². The van der Waals surface area contributed by atoms with E-state index in [1.165, 1.54) is 12.8 Å². The van der Waals surface area contributed by atoms with Gasteiger partial charge in [-0.1, -0.05) is 13.3 Å². The van der Waals surface area contributed by atoms with Crippen molar-refractivity contribution in [3.05, 3.63) is 6.07 Å². The fraction of sp³-hybridized carbons (Fsp3) is 0.733. The molecule has 0 bridgehead atoms. The number of rotatable bonds is 8. The average Bonchev–Trinajstić information content (AvgIpc) is 3.03. The van der Waals surface area contributed by atoms with E-state index >= 15 is 0 Å². The van der Waals surface area contributed by atoms with Gasteiger partial charge in [0.15, 0.2) is 0 Å². The Hall–Kier alpha value is -1.56. The Balaban J connectivity index is 2.17. The molecule has 1 saturated heterocycles. The second kappa shape index (κ2) is 8.02. The highest BCUT2D eigenvalue weighted by atomic mass is 16.5. The molecule has 1 fully saturated rings. The van der Waals surface area contributed by atoms with Crippen LogP contribution in [-0.2, 0) is 0 Å². The third kappa shape index (κ3) is 4.46. The van der Waals surface area contributed by atoms with Crippen molar-refractivity contribution in [2.24, 2.45) is 0 Å². The number of aromatic nitrogens is 2. The molecule has 1 aromatic heterocycles. The highest BCUT2D eigenvalue weighted by molar-refractivity contribution is 5.37. The molecule has 2 rings (SSSR count). The summed E-state index contributed by atoms with van der Waals surface area (Å²) in [5, 5.41) is 3.53. The summed E-state index contributed by atoms with van der Waals surface area (Å²) in [5.74, 6) is 1.77. The molecule has 0 spiro atoms. The van der Waals surface area contributed by atoms with Gasteiger partial charge in [0.25, 0.3) is 0 Å². The number of nitrogens with one attached hydrogen (secondary N) is 1. The summed E-state index contributed by atoms with van der Waals surface area (Å²) in [7, 11) is 3.22. The predicted octanol–water partition coefficient (Wildman–Crippen LogP) is 1.85. The van der Waals surface area contributed by atoms with Gasteiger partial charge in [0.1, 0.15) is 0 Å². The van der Waals surface area contributed by atoms with Crippen molar-refractivity contribution in [2.45, 2.75) is 38.6 Å². The van der Waals surface area contributed by atoms with E-state index < -0.39 is 0 Å². The minimum atomic E-state index is 0.516. The van der Waals surface area contributed by atoms with E-state index in [1.807, 2.05) is 0 Å². The van der Waals surface area contributed by atoms with Crippen LogP contribution in [0.15, 0.2) is 6.07 Å². The number of unbranched alkanes of at least 4 members (excludes halogenated alkanes) is 1.